The molecule has 2 aromatic rings. The van der Waals surface area contributed by atoms with Gasteiger partial charge in [-0.3, -0.25) is 0 Å². The standard InChI is InChI=1S/C19H19NO6S/c1-12-4-6-15(7-5-12)27(23,24)20-10-13-8-16(18(21)25-2)17(19(22)26-3)9-14(13)11-20/h4-7,10-11H,8-9H2,1-3H3. The van der Waals surface area contributed by atoms with E-state index in [0.29, 0.717) is 11.1 Å². The Labute approximate surface area is 157 Å². The highest BCUT2D eigenvalue weighted by atomic mass is 32.2. The number of benzene rings is 1. The Morgan fingerprint density at radius 2 is 1.33 bits per heavy atom. The topological polar surface area (TPSA) is 91.7 Å². The first kappa shape index (κ1) is 18.9. The van der Waals surface area contributed by atoms with Gasteiger partial charge in [0.2, 0.25) is 0 Å². The molecule has 27 heavy (non-hydrogen) atoms. The number of rotatable bonds is 4. The van der Waals surface area contributed by atoms with Gasteiger partial charge in [-0.05, 0) is 30.2 Å². The quantitative estimate of drug-likeness (QED) is 0.740. The molecule has 8 heteroatoms. The number of carbonyl (C=O) groups is 2. The predicted octanol–water partition coefficient (Wildman–Crippen LogP) is 1.77. The Kier molecular flexibility index (Phi) is 4.93. The maximum atomic E-state index is 12.9. The molecule has 0 saturated heterocycles. The number of nitrogens with zero attached hydrogens (tertiary/aromatic N) is 1. The summed E-state index contributed by atoms with van der Waals surface area (Å²) in [6.45, 7) is 1.87. The molecule has 0 saturated carbocycles. The lowest BCUT2D eigenvalue weighted by molar-refractivity contribution is -0.139. The minimum Gasteiger partial charge on any atom is -0.466 e. The van der Waals surface area contributed by atoms with Gasteiger partial charge in [-0.1, -0.05) is 17.7 Å². The van der Waals surface area contributed by atoms with E-state index in [1.807, 2.05) is 6.92 Å². The van der Waals surface area contributed by atoms with E-state index >= 15 is 0 Å². The molecule has 1 aliphatic rings. The van der Waals surface area contributed by atoms with Gasteiger partial charge in [-0.15, -0.1) is 0 Å². The van der Waals surface area contributed by atoms with Crippen molar-refractivity contribution in [3.8, 4) is 0 Å². The Bertz CT molecular complexity index is 999. The Hall–Kier alpha value is -2.87. The van der Waals surface area contributed by atoms with Gasteiger partial charge in [0, 0.05) is 25.2 Å². The first-order valence-corrected chi connectivity index (χ1v) is 9.62. The fourth-order valence-corrected chi connectivity index (χ4v) is 4.29. The van der Waals surface area contributed by atoms with Crippen LogP contribution in [-0.4, -0.2) is 38.5 Å². The van der Waals surface area contributed by atoms with Crippen LogP contribution in [0.1, 0.15) is 16.7 Å². The Morgan fingerprint density at radius 3 is 1.74 bits per heavy atom. The van der Waals surface area contributed by atoms with Gasteiger partial charge >= 0.3 is 11.9 Å². The van der Waals surface area contributed by atoms with Crippen LogP contribution in [0.5, 0.6) is 0 Å². The second kappa shape index (κ2) is 7.03. The van der Waals surface area contributed by atoms with E-state index in [9.17, 15) is 18.0 Å². The van der Waals surface area contributed by atoms with E-state index in [0.717, 1.165) is 9.54 Å². The van der Waals surface area contributed by atoms with Crippen molar-refractivity contribution in [1.29, 1.82) is 0 Å². The monoisotopic (exact) mass is 389 g/mol. The summed E-state index contributed by atoms with van der Waals surface area (Å²) in [5.74, 6) is -1.26. The van der Waals surface area contributed by atoms with Crippen LogP contribution in [-0.2, 0) is 41.9 Å². The van der Waals surface area contributed by atoms with Crippen molar-refractivity contribution >= 4 is 22.0 Å². The number of hydrogen-bond donors (Lipinski definition) is 0. The van der Waals surface area contributed by atoms with Crippen LogP contribution < -0.4 is 0 Å². The second-order valence-electron chi connectivity index (χ2n) is 6.25. The van der Waals surface area contributed by atoms with Crippen molar-refractivity contribution in [2.75, 3.05) is 14.2 Å². The summed E-state index contributed by atoms with van der Waals surface area (Å²) in [6.07, 6.45) is 3.15. The van der Waals surface area contributed by atoms with Crippen LogP contribution in [0.4, 0.5) is 0 Å². The van der Waals surface area contributed by atoms with E-state index in [-0.39, 0.29) is 28.9 Å². The van der Waals surface area contributed by atoms with E-state index in [1.54, 1.807) is 24.3 Å². The number of methoxy groups -OCH3 is 2. The highest BCUT2D eigenvalue weighted by Gasteiger charge is 2.30. The van der Waals surface area contributed by atoms with Crippen molar-refractivity contribution in [3.05, 3.63) is 64.5 Å². The molecule has 0 aliphatic heterocycles. The lowest BCUT2D eigenvalue weighted by Crippen LogP contribution is -2.21. The molecule has 1 aromatic carbocycles. The zero-order valence-electron chi connectivity index (χ0n) is 15.2. The van der Waals surface area contributed by atoms with Crippen LogP contribution >= 0.6 is 0 Å². The van der Waals surface area contributed by atoms with Crippen molar-refractivity contribution < 1.29 is 27.5 Å². The third-order valence-electron chi connectivity index (χ3n) is 4.54. The summed E-state index contributed by atoms with van der Waals surface area (Å²) < 4.78 is 36.4. The van der Waals surface area contributed by atoms with Gasteiger partial charge in [-0.2, -0.15) is 0 Å². The van der Waals surface area contributed by atoms with E-state index < -0.39 is 22.0 Å². The van der Waals surface area contributed by atoms with Gasteiger partial charge in [0.15, 0.2) is 0 Å². The minimum atomic E-state index is -3.77. The maximum Gasteiger partial charge on any atom is 0.334 e. The molecule has 0 spiro atoms. The summed E-state index contributed by atoms with van der Waals surface area (Å²) in [5.41, 5.74) is 2.62. The van der Waals surface area contributed by atoms with E-state index in [2.05, 4.69) is 0 Å². The molecule has 0 fully saturated rings. The van der Waals surface area contributed by atoms with Crippen LogP contribution in [0.3, 0.4) is 0 Å². The molecule has 0 unspecified atom stereocenters. The van der Waals surface area contributed by atoms with Gasteiger partial charge in [0.25, 0.3) is 10.0 Å². The number of carbonyl (C=O) groups excluding carboxylic acids is 2. The van der Waals surface area contributed by atoms with Crippen molar-refractivity contribution in [1.82, 2.24) is 3.97 Å². The van der Waals surface area contributed by atoms with Crippen molar-refractivity contribution in [2.24, 2.45) is 0 Å². The number of aryl methyl sites for hydroxylation is 1. The average Bonchev–Trinajstić information content (AvgIpc) is 3.10. The third kappa shape index (κ3) is 3.40. The van der Waals surface area contributed by atoms with Gasteiger partial charge in [0.05, 0.1) is 30.3 Å². The largest absolute Gasteiger partial charge is 0.466 e. The summed E-state index contributed by atoms with van der Waals surface area (Å²) >= 11 is 0. The molecule has 7 nitrogen and oxygen atoms in total. The van der Waals surface area contributed by atoms with Crippen LogP contribution in [0.25, 0.3) is 0 Å². The summed E-state index contributed by atoms with van der Waals surface area (Å²) in [7, 11) is -1.31. The Morgan fingerprint density at radius 1 is 0.889 bits per heavy atom. The van der Waals surface area contributed by atoms with Crippen molar-refractivity contribution in [2.45, 2.75) is 24.7 Å². The highest BCUT2D eigenvalue weighted by molar-refractivity contribution is 7.90. The van der Waals surface area contributed by atoms with Gasteiger partial charge < -0.3 is 9.47 Å². The summed E-state index contributed by atoms with van der Waals surface area (Å²) in [6, 6.07) is 6.54. The summed E-state index contributed by atoms with van der Waals surface area (Å²) in [4.78, 5) is 24.3. The SMILES string of the molecule is COC(=O)C1=C(C(=O)OC)Cc2cn(S(=O)(=O)c3ccc(C)cc3)cc2C1. The fourth-order valence-electron chi connectivity index (χ4n) is 3.03. The molecule has 1 aromatic heterocycles. The average molecular weight is 389 g/mol. The van der Waals surface area contributed by atoms with E-state index in [1.165, 1.54) is 26.6 Å². The number of ether oxygens (including phenoxy) is 2. The second-order valence-corrected chi connectivity index (χ2v) is 8.09. The molecular weight excluding hydrogens is 370 g/mol. The van der Waals surface area contributed by atoms with E-state index in [4.69, 9.17) is 9.47 Å². The molecule has 142 valence electrons. The smallest absolute Gasteiger partial charge is 0.334 e. The molecule has 0 atom stereocenters. The number of aromatic nitrogens is 1. The van der Waals surface area contributed by atoms with Crippen LogP contribution in [0.2, 0.25) is 0 Å². The number of esters is 2. The van der Waals surface area contributed by atoms with Crippen molar-refractivity contribution in [3.63, 3.8) is 0 Å². The van der Waals surface area contributed by atoms with Gasteiger partial charge in [0.1, 0.15) is 0 Å². The zero-order valence-corrected chi connectivity index (χ0v) is 16.0. The first-order valence-electron chi connectivity index (χ1n) is 8.18. The summed E-state index contributed by atoms with van der Waals surface area (Å²) in [5, 5.41) is 0. The highest BCUT2D eigenvalue weighted by Crippen LogP contribution is 2.30. The fraction of sp³-hybridized carbons (Fsp3) is 0.263. The lowest BCUT2D eigenvalue weighted by atomic mass is 9.88. The number of fused-ring (bicyclic) bond motifs is 1. The van der Waals surface area contributed by atoms with Crippen LogP contribution in [0, 0.1) is 6.92 Å². The molecule has 1 aliphatic carbocycles. The third-order valence-corrected chi connectivity index (χ3v) is 6.17. The molecule has 3 rings (SSSR count). The Balaban J connectivity index is 2.02. The maximum absolute atomic E-state index is 12.9. The lowest BCUT2D eigenvalue weighted by Gasteiger charge is -2.17. The molecule has 0 amide bonds. The molecule has 1 heterocycles. The normalized spacial score (nSPS) is 13.9. The predicted molar refractivity (Wildman–Crippen MR) is 96.7 cm³/mol. The number of hydrogen-bond acceptors (Lipinski definition) is 6. The molecule has 0 bridgehead atoms. The first-order chi connectivity index (χ1) is 12.8. The molecule has 0 N–H and O–H groups in total. The minimum absolute atomic E-state index is 0.100. The van der Waals surface area contributed by atoms with Crippen LogP contribution in [0.15, 0.2) is 52.7 Å². The molecular formula is C19H19NO6S. The van der Waals surface area contributed by atoms with Gasteiger partial charge in [-0.25, -0.2) is 22.0 Å². The molecule has 0 radical (unpaired) electrons. The zero-order chi connectivity index (χ0) is 19.8.